The molecule has 0 aliphatic carbocycles. The molecule has 55 heavy (non-hydrogen) atoms. The molecule has 1 spiro atoms. The van der Waals surface area contributed by atoms with E-state index in [1.807, 2.05) is 49.4 Å². The number of ether oxygens (including phenoxy) is 2. The number of nitro groups is 1. The minimum absolute atomic E-state index is 0.00749. The Kier molecular flexibility index (Phi) is 10.4. The predicted octanol–water partition coefficient (Wildman–Crippen LogP) is 5.99. The fourth-order valence-corrected chi connectivity index (χ4v) is 13.1. The van der Waals surface area contributed by atoms with Gasteiger partial charge in [0.05, 0.1) is 57.5 Å². The van der Waals surface area contributed by atoms with Crippen LogP contribution in [0.4, 0.5) is 17.1 Å². The van der Waals surface area contributed by atoms with E-state index in [0.29, 0.717) is 41.2 Å². The molecule has 286 valence electrons. The van der Waals surface area contributed by atoms with Crippen molar-refractivity contribution in [3.8, 4) is 5.75 Å². The number of anilines is 2. The maximum absolute atomic E-state index is 15.2. The Morgan fingerprint density at radius 2 is 1.75 bits per heavy atom. The zero-order valence-electron chi connectivity index (χ0n) is 31.4. The van der Waals surface area contributed by atoms with Gasteiger partial charge >= 0.3 is 0 Å². The quantitative estimate of drug-likeness (QED) is 0.107. The SMILES string of the molecule is COc1ccc([Si](C)(C)[C@@H]2[C@@H](CC(=O)N3CCC[C@H]3CO)O[C@]3(C(=O)N(Cc4ccc(NC(=O)c5ccccc5)cc4)c4ccc([N+](=O)[O-])cc43)[C@H]2C)cc1. The number of methoxy groups -OCH3 is 1. The highest BCUT2D eigenvalue weighted by atomic mass is 28.3. The van der Waals surface area contributed by atoms with E-state index in [-0.39, 0.29) is 54.6 Å². The number of nitrogens with one attached hydrogen (secondary N) is 1. The second-order valence-corrected chi connectivity index (χ2v) is 20.0. The molecule has 0 saturated carbocycles. The summed E-state index contributed by atoms with van der Waals surface area (Å²) < 4.78 is 12.5. The Hall–Kier alpha value is -5.37. The Bertz CT molecular complexity index is 2090. The first-order valence-electron chi connectivity index (χ1n) is 18.7. The standard InChI is InChI=1S/C42H46N4O8Si/c1-27-39(55(3,4)34-19-17-33(53-2)18-20-34)37(24-38(48)44-22-8-11-32(44)26-47)54-42(27)35-23-31(46(51)52)16-21-36(35)45(41(42)50)25-28-12-14-30(15-13-28)43-40(49)29-9-6-5-7-10-29/h5-7,9-10,12-21,23,27,32,37,39,47H,8,11,22,24-26H2,1-4H3,(H,43,49)/t27-,32-,37+,39-,42+/m0/s1. The first kappa shape index (κ1) is 37.9. The first-order valence-corrected chi connectivity index (χ1v) is 21.8. The molecule has 4 aromatic rings. The number of rotatable bonds is 11. The van der Waals surface area contributed by atoms with Crippen LogP contribution in [0.3, 0.4) is 0 Å². The zero-order valence-corrected chi connectivity index (χ0v) is 32.4. The van der Waals surface area contributed by atoms with Crippen LogP contribution in [0.25, 0.3) is 0 Å². The molecule has 4 aromatic carbocycles. The van der Waals surface area contributed by atoms with Crippen LogP contribution in [0.15, 0.2) is 97.1 Å². The monoisotopic (exact) mass is 762 g/mol. The van der Waals surface area contributed by atoms with Crippen molar-refractivity contribution in [1.29, 1.82) is 0 Å². The van der Waals surface area contributed by atoms with E-state index >= 15 is 4.79 Å². The third kappa shape index (κ3) is 6.81. The molecule has 2 fully saturated rings. The Morgan fingerprint density at radius 3 is 2.40 bits per heavy atom. The summed E-state index contributed by atoms with van der Waals surface area (Å²) >= 11 is 0. The molecule has 3 amide bonds. The van der Waals surface area contributed by atoms with Crippen LogP contribution < -0.4 is 20.1 Å². The number of likely N-dealkylation sites (tertiary alicyclic amines) is 1. The molecule has 2 N–H and O–H groups in total. The van der Waals surface area contributed by atoms with Crippen LogP contribution in [0.5, 0.6) is 5.75 Å². The van der Waals surface area contributed by atoms with Gasteiger partial charge in [0.15, 0.2) is 5.60 Å². The highest BCUT2D eigenvalue weighted by Crippen LogP contribution is 2.60. The summed E-state index contributed by atoms with van der Waals surface area (Å²) in [6.07, 6.45) is 0.834. The number of aliphatic hydroxyl groups excluding tert-OH is 1. The van der Waals surface area contributed by atoms with Crippen LogP contribution in [-0.4, -0.2) is 73.1 Å². The Morgan fingerprint density at radius 1 is 1.04 bits per heavy atom. The van der Waals surface area contributed by atoms with Crippen LogP contribution in [0, 0.1) is 16.0 Å². The lowest BCUT2D eigenvalue weighted by molar-refractivity contribution is -0.385. The lowest BCUT2D eigenvalue weighted by atomic mass is 9.82. The van der Waals surface area contributed by atoms with Crippen molar-refractivity contribution in [2.24, 2.45) is 5.92 Å². The van der Waals surface area contributed by atoms with Gasteiger partial charge in [-0.1, -0.05) is 67.7 Å². The van der Waals surface area contributed by atoms with Crippen molar-refractivity contribution in [2.75, 3.05) is 30.5 Å². The average Bonchev–Trinajstić information content (AvgIpc) is 3.86. The van der Waals surface area contributed by atoms with E-state index in [0.717, 1.165) is 17.2 Å². The van der Waals surface area contributed by atoms with Gasteiger partial charge in [-0.15, -0.1) is 0 Å². The van der Waals surface area contributed by atoms with Crippen LogP contribution >= 0.6 is 0 Å². The smallest absolute Gasteiger partial charge is 0.269 e. The highest BCUT2D eigenvalue weighted by molar-refractivity contribution is 6.91. The van der Waals surface area contributed by atoms with Crippen LogP contribution in [0.1, 0.15) is 47.7 Å². The largest absolute Gasteiger partial charge is 0.497 e. The summed E-state index contributed by atoms with van der Waals surface area (Å²) in [6, 6.07) is 28.2. The van der Waals surface area contributed by atoms with Gasteiger partial charge in [0, 0.05) is 41.4 Å². The number of benzene rings is 4. The summed E-state index contributed by atoms with van der Waals surface area (Å²) in [5.41, 5.74) is 0.806. The average molecular weight is 763 g/mol. The van der Waals surface area contributed by atoms with E-state index in [9.17, 15) is 24.8 Å². The third-order valence-electron chi connectivity index (χ3n) is 11.9. The number of fused-ring (bicyclic) bond motifs is 2. The highest BCUT2D eigenvalue weighted by Gasteiger charge is 2.67. The second kappa shape index (κ2) is 15.0. The number of aliphatic hydroxyl groups is 1. The minimum atomic E-state index is -2.60. The minimum Gasteiger partial charge on any atom is -0.497 e. The molecule has 7 rings (SSSR count). The summed E-state index contributed by atoms with van der Waals surface area (Å²) in [5, 5.41) is 26.2. The number of hydrogen-bond acceptors (Lipinski definition) is 8. The van der Waals surface area contributed by atoms with E-state index in [1.165, 1.54) is 12.1 Å². The van der Waals surface area contributed by atoms with E-state index < -0.39 is 30.6 Å². The lowest BCUT2D eigenvalue weighted by Gasteiger charge is -2.37. The number of carbonyl (C=O) groups is 3. The number of amides is 3. The van der Waals surface area contributed by atoms with Gasteiger partial charge in [0.1, 0.15) is 5.75 Å². The van der Waals surface area contributed by atoms with Gasteiger partial charge in [-0.2, -0.15) is 0 Å². The maximum Gasteiger partial charge on any atom is 0.269 e. The van der Waals surface area contributed by atoms with Gasteiger partial charge in [-0.25, -0.2) is 0 Å². The van der Waals surface area contributed by atoms with Crippen molar-refractivity contribution in [2.45, 2.75) is 69.1 Å². The number of hydrogen-bond donors (Lipinski definition) is 2. The Balaban J connectivity index is 1.26. The van der Waals surface area contributed by atoms with Crippen molar-refractivity contribution in [3.63, 3.8) is 0 Å². The molecular formula is C42H46N4O8Si. The van der Waals surface area contributed by atoms with E-state index in [4.69, 9.17) is 9.47 Å². The summed E-state index contributed by atoms with van der Waals surface area (Å²) in [6.45, 7) is 6.97. The zero-order chi connectivity index (χ0) is 39.1. The molecule has 5 atom stereocenters. The van der Waals surface area contributed by atoms with Crippen molar-refractivity contribution < 1.29 is 33.9 Å². The fraction of sp³-hybridized carbons (Fsp3) is 0.357. The number of nitro benzene ring substituents is 1. The topological polar surface area (TPSA) is 152 Å². The maximum atomic E-state index is 15.2. The molecule has 3 aliphatic heterocycles. The van der Waals surface area contributed by atoms with Gasteiger partial charge in [-0.3, -0.25) is 24.5 Å². The molecule has 3 heterocycles. The van der Waals surface area contributed by atoms with Gasteiger partial charge in [0.2, 0.25) is 5.91 Å². The molecule has 12 nitrogen and oxygen atoms in total. The van der Waals surface area contributed by atoms with Crippen LogP contribution in [0.2, 0.25) is 18.6 Å². The van der Waals surface area contributed by atoms with E-state index in [1.54, 1.807) is 59.4 Å². The van der Waals surface area contributed by atoms with E-state index in [2.05, 4.69) is 18.4 Å². The second-order valence-electron chi connectivity index (χ2n) is 15.3. The summed E-state index contributed by atoms with van der Waals surface area (Å²) in [5.74, 6) is -0.489. The Labute approximate surface area is 321 Å². The summed E-state index contributed by atoms with van der Waals surface area (Å²) in [7, 11) is -0.989. The lowest BCUT2D eigenvalue weighted by Crippen LogP contribution is -2.52. The molecule has 0 aromatic heterocycles. The fourth-order valence-electron chi connectivity index (χ4n) is 9.08. The third-order valence-corrected chi connectivity index (χ3v) is 16.3. The predicted molar refractivity (Wildman–Crippen MR) is 211 cm³/mol. The summed E-state index contributed by atoms with van der Waals surface area (Å²) in [4.78, 5) is 57.0. The van der Waals surface area contributed by atoms with Crippen LogP contribution in [-0.2, 0) is 26.5 Å². The molecule has 0 bridgehead atoms. The van der Waals surface area contributed by atoms with Gasteiger partial charge in [-0.05, 0) is 66.4 Å². The first-order chi connectivity index (χ1) is 26.4. The number of nitrogens with zero attached hydrogens (tertiary/aromatic N) is 3. The molecule has 2 saturated heterocycles. The molecule has 0 radical (unpaired) electrons. The van der Waals surface area contributed by atoms with Crippen molar-refractivity contribution in [1.82, 2.24) is 4.90 Å². The molecule has 0 unspecified atom stereocenters. The van der Waals surface area contributed by atoms with Crippen molar-refractivity contribution in [3.05, 3.63) is 124 Å². The number of carbonyl (C=O) groups excluding carboxylic acids is 3. The molecular weight excluding hydrogens is 717 g/mol. The normalized spacial score (nSPS) is 23.3. The van der Waals surface area contributed by atoms with Gasteiger partial charge < -0.3 is 29.7 Å². The molecule has 13 heteroatoms. The van der Waals surface area contributed by atoms with Gasteiger partial charge in [0.25, 0.3) is 17.5 Å². The number of non-ortho nitro benzene ring substituents is 1. The molecule has 3 aliphatic rings. The van der Waals surface area contributed by atoms with Crippen molar-refractivity contribution >= 4 is 48.0 Å².